The molecule has 2 heterocycles. The van der Waals surface area contributed by atoms with Gasteiger partial charge in [0.25, 0.3) is 5.56 Å². The Hall–Kier alpha value is -1.60. The number of aromatic nitrogens is 2. The van der Waals surface area contributed by atoms with Crippen molar-refractivity contribution in [3.05, 3.63) is 26.4 Å². The Morgan fingerprint density at radius 3 is 2.35 bits per heavy atom. The van der Waals surface area contributed by atoms with Crippen LogP contribution in [0.5, 0.6) is 0 Å². The first kappa shape index (κ1) is 14.8. The number of nitrogens with one attached hydrogen (secondary N) is 1. The highest BCUT2D eigenvalue weighted by Gasteiger charge is 2.19. The second-order valence-corrected chi connectivity index (χ2v) is 5.67. The Balaban J connectivity index is 2.30. The minimum atomic E-state index is -0.440. The lowest BCUT2D eigenvalue weighted by atomic mass is 10.2. The summed E-state index contributed by atoms with van der Waals surface area (Å²) in [6.45, 7) is 7.98. The highest BCUT2D eigenvalue weighted by atomic mass is 16.2. The molecule has 1 aromatic rings. The molecule has 0 radical (unpaired) electrons. The molecular formula is C13H23N5O2. The molecule has 0 amide bonds. The molecule has 1 fully saturated rings. The molecule has 112 valence electrons. The number of H-pyrrole nitrogens is 1. The summed E-state index contributed by atoms with van der Waals surface area (Å²) in [7, 11) is 2.08. The molecule has 1 saturated heterocycles. The van der Waals surface area contributed by atoms with E-state index in [2.05, 4.69) is 21.8 Å². The number of hydrogen-bond donors (Lipinski definition) is 2. The molecule has 0 atom stereocenters. The largest absolute Gasteiger partial charge is 0.385 e. The minimum Gasteiger partial charge on any atom is -0.385 e. The fraction of sp³-hybridized carbons (Fsp3) is 0.692. The Morgan fingerprint density at radius 1 is 1.20 bits per heavy atom. The zero-order valence-corrected chi connectivity index (χ0v) is 12.3. The summed E-state index contributed by atoms with van der Waals surface area (Å²) >= 11 is 0. The van der Waals surface area contributed by atoms with Gasteiger partial charge in [-0.15, -0.1) is 0 Å². The van der Waals surface area contributed by atoms with Crippen LogP contribution < -0.4 is 17.0 Å². The maximum absolute atomic E-state index is 12.0. The first-order valence-electron chi connectivity index (χ1n) is 6.94. The average molecular weight is 281 g/mol. The zero-order valence-electron chi connectivity index (χ0n) is 12.3. The first-order chi connectivity index (χ1) is 9.40. The second-order valence-electron chi connectivity index (χ2n) is 5.67. The van der Waals surface area contributed by atoms with Crippen LogP contribution in [0.3, 0.4) is 0 Å². The molecule has 0 unspecified atom stereocenters. The van der Waals surface area contributed by atoms with E-state index in [1.807, 2.05) is 13.8 Å². The SMILES string of the molecule is CC(C)n1c(N)c(CN2CCN(C)CC2)c(=O)[nH]c1=O. The molecule has 0 bridgehead atoms. The number of rotatable bonds is 3. The van der Waals surface area contributed by atoms with Crippen LogP contribution in [0, 0.1) is 0 Å². The van der Waals surface area contributed by atoms with Crippen LogP contribution in [-0.2, 0) is 6.54 Å². The monoisotopic (exact) mass is 281 g/mol. The van der Waals surface area contributed by atoms with Gasteiger partial charge in [0.1, 0.15) is 5.82 Å². The third-order valence-corrected chi connectivity index (χ3v) is 3.78. The fourth-order valence-corrected chi connectivity index (χ4v) is 2.50. The quantitative estimate of drug-likeness (QED) is 0.776. The maximum Gasteiger partial charge on any atom is 0.330 e. The van der Waals surface area contributed by atoms with Crippen molar-refractivity contribution in [2.24, 2.45) is 0 Å². The number of piperazine rings is 1. The third-order valence-electron chi connectivity index (χ3n) is 3.78. The van der Waals surface area contributed by atoms with Crippen LogP contribution in [-0.4, -0.2) is 52.6 Å². The van der Waals surface area contributed by atoms with Gasteiger partial charge in [0.05, 0.1) is 5.56 Å². The van der Waals surface area contributed by atoms with E-state index in [1.54, 1.807) is 0 Å². The first-order valence-corrected chi connectivity index (χ1v) is 6.94. The van der Waals surface area contributed by atoms with Gasteiger partial charge in [0.2, 0.25) is 0 Å². The molecule has 0 aliphatic carbocycles. The van der Waals surface area contributed by atoms with E-state index in [1.165, 1.54) is 4.57 Å². The number of aromatic amines is 1. The van der Waals surface area contributed by atoms with E-state index in [-0.39, 0.29) is 17.4 Å². The number of likely N-dealkylation sites (N-methyl/N-ethyl adjacent to an activating group) is 1. The lowest BCUT2D eigenvalue weighted by Crippen LogP contribution is -2.45. The van der Waals surface area contributed by atoms with Gasteiger partial charge < -0.3 is 10.6 Å². The molecule has 7 heteroatoms. The van der Waals surface area contributed by atoms with E-state index in [0.29, 0.717) is 12.1 Å². The van der Waals surface area contributed by atoms with Crippen LogP contribution in [0.2, 0.25) is 0 Å². The standard InChI is InChI=1S/C13H23N5O2/c1-9(2)18-11(14)10(12(19)15-13(18)20)8-17-6-4-16(3)5-7-17/h9H,4-8,14H2,1-3H3,(H,15,19,20). The van der Waals surface area contributed by atoms with Gasteiger partial charge in [-0.2, -0.15) is 0 Å². The zero-order chi connectivity index (χ0) is 14.9. The molecule has 1 aromatic heterocycles. The summed E-state index contributed by atoms with van der Waals surface area (Å²) in [6, 6.07) is -0.0782. The number of hydrogen-bond acceptors (Lipinski definition) is 5. The summed E-state index contributed by atoms with van der Waals surface area (Å²) in [6.07, 6.45) is 0. The fourth-order valence-electron chi connectivity index (χ4n) is 2.50. The topological polar surface area (TPSA) is 87.4 Å². The Labute approximate surface area is 118 Å². The van der Waals surface area contributed by atoms with Crippen molar-refractivity contribution >= 4 is 5.82 Å². The van der Waals surface area contributed by atoms with Gasteiger partial charge >= 0.3 is 5.69 Å². The van der Waals surface area contributed by atoms with Crippen molar-refractivity contribution in [2.45, 2.75) is 26.4 Å². The molecule has 3 N–H and O–H groups in total. The lowest BCUT2D eigenvalue weighted by molar-refractivity contribution is 0.147. The Morgan fingerprint density at radius 2 is 1.80 bits per heavy atom. The number of nitrogens with two attached hydrogens (primary N) is 1. The van der Waals surface area contributed by atoms with Crippen molar-refractivity contribution in [1.82, 2.24) is 19.4 Å². The number of nitrogens with zero attached hydrogens (tertiary/aromatic N) is 3. The van der Waals surface area contributed by atoms with Crippen LogP contribution in [0.15, 0.2) is 9.59 Å². The third kappa shape index (κ3) is 2.94. The molecular weight excluding hydrogens is 258 g/mol. The van der Waals surface area contributed by atoms with E-state index in [9.17, 15) is 9.59 Å². The second kappa shape index (κ2) is 5.80. The smallest absolute Gasteiger partial charge is 0.330 e. The Bertz CT molecular complexity index is 581. The van der Waals surface area contributed by atoms with Gasteiger partial charge in [-0.1, -0.05) is 0 Å². The molecule has 1 aliphatic heterocycles. The van der Waals surface area contributed by atoms with Crippen molar-refractivity contribution in [3.63, 3.8) is 0 Å². The van der Waals surface area contributed by atoms with Crippen molar-refractivity contribution in [3.8, 4) is 0 Å². The summed E-state index contributed by atoms with van der Waals surface area (Å²) < 4.78 is 1.44. The van der Waals surface area contributed by atoms with Crippen LogP contribution >= 0.6 is 0 Å². The van der Waals surface area contributed by atoms with E-state index in [0.717, 1.165) is 26.2 Å². The average Bonchev–Trinajstić information content (AvgIpc) is 2.36. The molecule has 7 nitrogen and oxygen atoms in total. The van der Waals surface area contributed by atoms with Crippen LogP contribution in [0.25, 0.3) is 0 Å². The van der Waals surface area contributed by atoms with E-state index in [4.69, 9.17) is 5.73 Å². The highest BCUT2D eigenvalue weighted by Crippen LogP contribution is 2.13. The normalized spacial score (nSPS) is 17.8. The summed E-state index contributed by atoms with van der Waals surface area (Å²) in [5.41, 5.74) is 5.71. The highest BCUT2D eigenvalue weighted by molar-refractivity contribution is 5.38. The van der Waals surface area contributed by atoms with Gasteiger partial charge in [-0.05, 0) is 20.9 Å². The lowest BCUT2D eigenvalue weighted by Gasteiger charge is -2.32. The van der Waals surface area contributed by atoms with Gasteiger partial charge in [0, 0.05) is 38.8 Å². The van der Waals surface area contributed by atoms with E-state index >= 15 is 0 Å². The van der Waals surface area contributed by atoms with Crippen molar-refractivity contribution in [2.75, 3.05) is 39.0 Å². The van der Waals surface area contributed by atoms with E-state index < -0.39 is 5.69 Å². The van der Waals surface area contributed by atoms with Gasteiger partial charge in [-0.3, -0.25) is 19.2 Å². The van der Waals surface area contributed by atoms with Gasteiger partial charge in [0.15, 0.2) is 0 Å². The molecule has 0 aromatic carbocycles. The number of anilines is 1. The predicted molar refractivity (Wildman–Crippen MR) is 78.9 cm³/mol. The van der Waals surface area contributed by atoms with Crippen molar-refractivity contribution < 1.29 is 0 Å². The van der Waals surface area contributed by atoms with Gasteiger partial charge in [-0.25, -0.2) is 4.79 Å². The molecule has 20 heavy (non-hydrogen) atoms. The predicted octanol–water partition coefficient (Wildman–Crippen LogP) is -0.553. The summed E-state index contributed by atoms with van der Waals surface area (Å²) in [5, 5.41) is 0. The Kier molecular flexibility index (Phi) is 4.29. The molecule has 1 aliphatic rings. The number of nitrogen functional groups attached to an aromatic ring is 1. The van der Waals surface area contributed by atoms with Crippen LogP contribution in [0.4, 0.5) is 5.82 Å². The minimum absolute atomic E-state index is 0.0782. The maximum atomic E-state index is 12.0. The van der Waals surface area contributed by atoms with Crippen LogP contribution in [0.1, 0.15) is 25.5 Å². The van der Waals surface area contributed by atoms with Crippen molar-refractivity contribution in [1.29, 1.82) is 0 Å². The summed E-state index contributed by atoms with van der Waals surface area (Å²) in [5.74, 6) is 0.285. The molecule has 0 saturated carbocycles. The molecule has 0 spiro atoms. The molecule has 2 rings (SSSR count). The summed E-state index contributed by atoms with van der Waals surface area (Å²) in [4.78, 5) is 30.6.